The molecule has 2 heterocycles. The molecule has 1 amide bonds. The Morgan fingerprint density at radius 1 is 0.967 bits per heavy atom. The summed E-state index contributed by atoms with van der Waals surface area (Å²) < 4.78 is 33.3. The van der Waals surface area contributed by atoms with Crippen LogP contribution < -0.4 is 10.1 Å². The molecule has 1 aromatic carbocycles. The fraction of sp³-hybridized carbons (Fsp3) is 0.682. The molecule has 3 rings (SSSR count). The van der Waals surface area contributed by atoms with E-state index in [2.05, 4.69) is 10.2 Å². The Kier molecular flexibility index (Phi) is 8.53. The second kappa shape index (κ2) is 11.1. The predicted octanol–water partition coefficient (Wildman–Crippen LogP) is 3.46. The molecule has 7 nitrogen and oxygen atoms in total. The number of ether oxygens (including phenoxy) is 1. The third kappa shape index (κ3) is 6.18. The first-order valence-electron chi connectivity index (χ1n) is 11.3. The van der Waals surface area contributed by atoms with E-state index in [0.29, 0.717) is 37.7 Å². The van der Waals surface area contributed by atoms with Crippen LogP contribution in [0.2, 0.25) is 0 Å². The van der Waals surface area contributed by atoms with Crippen molar-refractivity contribution in [3.05, 3.63) is 18.2 Å². The van der Waals surface area contributed by atoms with Crippen molar-refractivity contribution < 1.29 is 17.9 Å². The van der Waals surface area contributed by atoms with Crippen molar-refractivity contribution in [1.29, 1.82) is 0 Å². The Bertz CT molecular complexity index is 799. The SMILES string of the molecule is CCOc1ccc(S(=O)(=O)N2CCCCC2)cc1NC(=O)CN1CCCCCCC1. The van der Waals surface area contributed by atoms with Gasteiger partial charge in [0.05, 0.1) is 23.7 Å². The summed E-state index contributed by atoms with van der Waals surface area (Å²) >= 11 is 0. The van der Waals surface area contributed by atoms with Crippen LogP contribution in [0.25, 0.3) is 0 Å². The molecular formula is C22H35N3O4S. The van der Waals surface area contributed by atoms with Crippen LogP contribution in [0.3, 0.4) is 0 Å². The molecule has 2 saturated heterocycles. The number of hydrogen-bond donors (Lipinski definition) is 1. The van der Waals surface area contributed by atoms with Crippen molar-refractivity contribution in [1.82, 2.24) is 9.21 Å². The first-order chi connectivity index (χ1) is 14.5. The molecule has 0 bridgehead atoms. The minimum absolute atomic E-state index is 0.135. The normalized spacial score (nSPS) is 19.6. The van der Waals surface area contributed by atoms with Gasteiger partial charge in [-0.2, -0.15) is 4.31 Å². The van der Waals surface area contributed by atoms with Gasteiger partial charge in [-0.1, -0.05) is 25.7 Å². The summed E-state index contributed by atoms with van der Waals surface area (Å²) in [4.78, 5) is 15.1. The van der Waals surface area contributed by atoms with Crippen LogP contribution in [0.15, 0.2) is 23.1 Å². The summed E-state index contributed by atoms with van der Waals surface area (Å²) in [6.07, 6.45) is 8.75. The quantitative estimate of drug-likeness (QED) is 0.707. The van der Waals surface area contributed by atoms with Crippen molar-refractivity contribution in [2.45, 2.75) is 63.2 Å². The summed E-state index contributed by atoms with van der Waals surface area (Å²) in [5.74, 6) is 0.361. The summed E-state index contributed by atoms with van der Waals surface area (Å²) in [7, 11) is -3.57. The van der Waals surface area contributed by atoms with Gasteiger partial charge >= 0.3 is 0 Å². The van der Waals surface area contributed by atoms with Gasteiger partial charge in [0.2, 0.25) is 15.9 Å². The van der Waals surface area contributed by atoms with Gasteiger partial charge < -0.3 is 10.1 Å². The van der Waals surface area contributed by atoms with Crippen molar-refractivity contribution in [3.63, 3.8) is 0 Å². The standard InChI is InChI=1S/C22H35N3O4S/c1-2-29-21-12-11-19(30(27,28)25-15-9-6-10-16-25)17-20(21)23-22(26)18-24-13-7-4-3-5-8-14-24/h11-12,17H,2-10,13-16,18H2,1H3,(H,23,26). The number of benzene rings is 1. The van der Waals surface area contributed by atoms with Crippen molar-refractivity contribution >= 4 is 21.6 Å². The molecule has 1 N–H and O–H groups in total. The largest absolute Gasteiger partial charge is 0.492 e. The van der Waals surface area contributed by atoms with E-state index in [9.17, 15) is 13.2 Å². The molecule has 168 valence electrons. The van der Waals surface area contributed by atoms with E-state index in [-0.39, 0.29) is 10.8 Å². The highest BCUT2D eigenvalue weighted by molar-refractivity contribution is 7.89. The molecule has 0 radical (unpaired) electrons. The Labute approximate surface area is 180 Å². The van der Waals surface area contributed by atoms with E-state index in [0.717, 1.165) is 45.2 Å². The van der Waals surface area contributed by atoms with E-state index in [1.807, 2.05) is 6.92 Å². The molecule has 0 atom stereocenters. The molecular weight excluding hydrogens is 402 g/mol. The lowest BCUT2D eigenvalue weighted by Crippen LogP contribution is -2.36. The number of piperidine rings is 1. The first kappa shape index (κ1) is 23.0. The third-order valence-electron chi connectivity index (χ3n) is 5.79. The first-order valence-corrected chi connectivity index (χ1v) is 12.7. The molecule has 8 heteroatoms. The molecule has 2 aliphatic heterocycles. The fourth-order valence-corrected chi connectivity index (χ4v) is 5.71. The van der Waals surface area contributed by atoms with E-state index in [4.69, 9.17) is 4.74 Å². The number of nitrogens with zero attached hydrogens (tertiary/aromatic N) is 2. The molecule has 0 spiro atoms. The zero-order valence-corrected chi connectivity index (χ0v) is 18.9. The molecule has 0 unspecified atom stereocenters. The van der Waals surface area contributed by atoms with Crippen LogP contribution in [0.4, 0.5) is 5.69 Å². The van der Waals surface area contributed by atoms with E-state index in [1.54, 1.807) is 18.2 Å². The van der Waals surface area contributed by atoms with Gasteiger partial charge in [-0.25, -0.2) is 8.42 Å². The smallest absolute Gasteiger partial charge is 0.243 e. The molecule has 30 heavy (non-hydrogen) atoms. The van der Waals surface area contributed by atoms with Gasteiger partial charge in [-0.3, -0.25) is 9.69 Å². The molecule has 0 saturated carbocycles. The van der Waals surface area contributed by atoms with Gasteiger partial charge in [0.15, 0.2) is 0 Å². The summed E-state index contributed by atoms with van der Waals surface area (Å²) in [5.41, 5.74) is 0.423. The summed E-state index contributed by atoms with van der Waals surface area (Å²) in [6, 6.07) is 4.76. The van der Waals surface area contributed by atoms with Crippen molar-refractivity contribution in [2.24, 2.45) is 0 Å². The molecule has 0 aliphatic carbocycles. The number of sulfonamides is 1. The number of amides is 1. The van der Waals surface area contributed by atoms with Crippen LogP contribution in [0.1, 0.15) is 58.3 Å². The summed E-state index contributed by atoms with van der Waals surface area (Å²) in [6.45, 7) is 5.56. The highest BCUT2D eigenvalue weighted by Gasteiger charge is 2.27. The van der Waals surface area contributed by atoms with Gasteiger partial charge in [-0.05, 0) is 63.9 Å². The van der Waals surface area contributed by atoms with Gasteiger partial charge in [0.1, 0.15) is 5.75 Å². The molecule has 0 aromatic heterocycles. The van der Waals surface area contributed by atoms with E-state index >= 15 is 0 Å². The zero-order valence-electron chi connectivity index (χ0n) is 18.1. The molecule has 2 aliphatic rings. The average Bonchev–Trinajstić information content (AvgIpc) is 2.72. The second-order valence-electron chi connectivity index (χ2n) is 8.15. The predicted molar refractivity (Wildman–Crippen MR) is 118 cm³/mol. The number of hydrogen-bond acceptors (Lipinski definition) is 5. The van der Waals surface area contributed by atoms with Crippen molar-refractivity contribution in [2.75, 3.05) is 44.6 Å². The van der Waals surface area contributed by atoms with Gasteiger partial charge in [-0.15, -0.1) is 0 Å². The Hall–Kier alpha value is -1.64. The Balaban J connectivity index is 1.74. The lowest BCUT2D eigenvalue weighted by Gasteiger charge is -2.26. The van der Waals surface area contributed by atoms with Crippen LogP contribution in [0.5, 0.6) is 5.75 Å². The van der Waals surface area contributed by atoms with E-state index < -0.39 is 10.0 Å². The number of likely N-dealkylation sites (tertiary alicyclic amines) is 1. The lowest BCUT2D eigenvalue weighted by molar-refractivity contribution is -0.117. The lowest BCUT2D eigenvalue weighted by atomic mass is 10.1. The number of nitrogens with one attached hydrogen (secondary N) is 1. The second-order valence-corrected chi connectivity index (χ2v) is 10.1. The fourth-order valence-electron chi connectivity index (χ4n) is 4.17. The van der Waals surface area contributed by atoms with Crippen molar-refractivity contribution in [3.8, 4) is 5.75 Å². The number of rotatable bonds is 7. The Morgan fingerprint density at radius 3 is 2.23 bits per heavy atom. The van der Waals surface area contributed by atoms with Crippen LogP contribution in [0, 0.1) is 0 Å². The minimum Gasteiger partial charge on any atom is -0.492 e. The van der Waals surface area contributed by atoms with Crippen LogP contribution >= 0.6 is 0 Å². The maximum Gasteiger partial charge on any atom is 0.243 e. The highest BCUT2D eigenvalue weighted by Crippen LogP contribution is 2.30. The topological polar surface area (TPSA) is 79.0 Å². The molecule has 1 aromatic rings. The van der Waals surface area contributed by atoms with Gasteiger partial charge in [0.25, 0.3) is 0 Å². The highest BCUT2D eigenvalue weighted by atomic mass is 32.2. The van der Waals surface area contributed by atoms with Crippen LogP contribution in [-0.4, -0.2) is 62.9 Å². The minimum atomic E-state index is -3.57. The maximum absolute atomic E-state index is 13.0. The number of carbonyl (C=O) groups excluding carboxylic acids is 1. The van der Waals surface area contributed by atoms with Crippen LogP contribution in [-0.2, 0) is 14.8 Å². The van der Waals surface area contributed by atoms with Gasteiger partial charge in [0, 0.05) is 13.1 Å². The number of anilines is 1. The zero-order chi connectivity index (χ0) is 21.4. The third-order valence-corrected chi connectivity index (χ3v) is 7.69. The maximum atomic E-state index is 13.0. The summed E-state index contributed by atoms with van der Waals surface area (Å²) in [5, 5.41) is 2.91. The number of carbonyl (C=O) groups is 1. The monoisotopic (exact) mass is 437 g/mol. The average molecular weight is 438 g/mol. The molecule has 2 fully saturated rings. The van der Waals surface area contributed by atoms with E-state index in [1.165, 1.54) is 23.6 Å². The Morgan fingerprint density at radius 2 is 1.57 bits per heavy atom.